The van der Waals surface area contributed by atoms with Crippen LogP contribution >= 0.6 is 11.6 Å². The van der Waals surface area contributed by atoms with E-state index >= 15 is 0 Å². The van der Waals surface area contributed by atoms with E-state index in [0.717, 1.165) is 22.9 Å². The van der Waals surface area contributed by atoms with E-state index < -0.39 is 15.6 Å². The monoisotopic (exact) mass is 457 g/mol. The first-order chi connectivity index (χ1) is 14.8. The zero-order valence-corrected chi connectivity index (χ0v) is 17.7. The molecule has 2 heterocycles. The number of nitrogens with one attached hydrogen (secondary N) is 1. The lowest BCUT2D eigenvalue weighted by molar-refractivity contribution is 0.415. The minimum atomic E-state index is -4.05. The second-order valence-corrected chi connectivity index (χ2v) is 8.44. The first-order valence-electron chi connectivity index (χ1n) is 8.89. The third kappa shape index (κ3) is 4.22. The van der Waals surface area contributed by atoms with E-state index in [0.29, 0.717) is 27.5 Å². The number of para-hydroxylation sites is 2. The van der Waals surface area contributed by atoms with Gasteiger partial charge in [0.2, 0.25) is 10.0 Å². The van der Waals surface area contributed by atoms with Crippen LogP contribution in [0.15, 0.2) is 70.5 Å². The lowest BCUT2D eigenvalue weighted by atomic mass is 10.2. The average molecular weight is 458 g/mol. The topological polar surface area (TPSA) is 129 Å². The predicted molar refractivity (Wildman–Crippen MR) is 118 cm³/mol. The summed E-state index contributed by atoms with van der Waals surface area (Å²) in [5, 5.41) is 8.68. The molecule has 0 bridgehead atoms. The van der Waals surface area contributed by atoms with Crippen molar-refractivity contribution in [1.82, 2.24) is 14.5 Å². The minimum Gasteiger partial charge on any atom is -0.497 e. The summed E-state index contributed by atoms with van der Waals surface area (Å²) in [6, 6.07) is 14.3. The summed E-state index contributed by atoms with van der Waals surface area (Å²) in [6.07, 6.45) is 1.11. The standard InChI is InChI=1S/C20H16ClN5O4S/c1-30-12-6-8-14(21)17(10-12)24-19-20(25-16-5-3-2-4-15(16)23-19)26-11-13(31(22,28)29)7-9-18(26)27/h2-11H,1H3,(H,23,24)(H2,22,28,29). The molecule has 4 aromatic rings. The quantitative estimate of drug-likeness (QED) is 0.471. The number of benzene rings is 2. The molecule has 158 valence electrons. The normalized spacial score (nSPS) is 11.5. The molecule has 9 nitrogen and oxygen atoms in total. The van der Waals surface area contributed by atoms with Crippen LogP contribution in [0.25, 0.3) is 16.9 Å². The number of hydrogen-bond acceptors (Lipinski definition) is 7. The number of anilines is 2. The highest BCUT2D eigenvalue weighted by molar-refractivity contribution is 7.89. The Hall–Kier alpha value is -3.47. The molecule has 0 spiro atoms. The van der Waals surface area contributed by atoms with Crippen LogP contribution < -0.4 is 20.8 Å². The third-order valence-electron chi connectivity index (χ3n) is 4.42. The number of nitrogens with two attached hydrogens (primary N) is 1. The van der Waals surface area contributed by atoms with E-state index in [1.807, 2.05) is 0 Å². The molecular weight excluding hydrogens is 442 g/mol. The van der Waals surface area contributed by atoms with E-state index in [1.165, 1.54) is 7.11 Å². The highest BCUT2D eigenvalue weighted by Gasteiger charge is 2.17. The maximum atomic E-state index is 12.6. The third-order valence-corrected chi connectivity index (χ3v) is 5.65. The first-order valence-corrected chi connectivity index (χ1v) is 10.8. The number of fused-ring (bicyclic) bond motifs is 1. The Morgan fingerprint density at radius 3 is 2.45 bits per heavy atom. The van der Waals surface area contributed by atoms with E-state index in [4.69, 9.17) is 21.5 Å². The molecule has 0 saturated heterocycles. The predicted octanol–water partition coefficient (Wildman–Crippen LogP) is 2.83. The molecule has 11 heteroatoms. The number of pyridine rings is 1. The van der Waals surface area contributed by atoms with Crippen LogP contribution in [0, 0.1) is 0 Å². The van der Waals surface area contributed by atoms with Crippen molar-refractivity contribution in [1.29, 1.82) is 0 Å². The van der Waals surface area contributed by atoms with Crippen LogP contribution in [-0.2, 0) is 10.0 Å². The number of halogens is 1. The number of methoxy groups -OCH3 is 1. The van der Waals surface area contributed by atoms with Crippen molar-refractivity contribution < 1.29 is 13.2 Å². The first kappa shape index (κ1) is 20.8. The Balaban J connectivity index is 1.97. The van der Waals surface area contributed by atoms with Crippen molar-refractivity contribution >= 4 is 44.2 Å². The maximum absolute atomic E-state index is 12.6. The van der Waals surface area contributed by atoms with Gasteiger partial charge in [0.15, 0.2) is 11.6 Å². The Bertz CT molecular complexity index is 1470. The number of primary sulfonamides is 1. The number of sulfonamides is 1. The molecule has 0 fully saturated rings. The second-order valence-electron chi connectivity index (χ2n) is 6.47. The van der Waals surface area contributed by atoms with Gasteiger partial charge in [-0.1, -0.05) is 23.7 Å². The molecule has 3 N–H and O–H groups in total. The Morgan fingerprint density at radius 2 is 1.77 bits per heavy atom. The van der Waals surface area contributed by atoms with Crippen LogP contribution in [-0.4, -0.2) is 30.1 Å². The van der Waals surface area contributed by atoms with Gasteiger partial charge in [-0.15, -0.1) is 0 Å². The SMILES string of the molecule is COc1ccc(Cl)c(Nc2nc3ccccc3nc2-n2cc(S(N)(=O)=O)ccc2=O)c1. The average Bonchev–Trinajstić information content (AvgIpc) is 2.74. The summed E-state index contributed by atoms with van der Waals surface area (Å²) in [6.45, 7) is 0. The number of aromatic nitrogens is 3. The summed E-state index contributed by atoms with van der Waals surface area (Å²) < 4.78 is 29.9. The number of rotatable bonds is 5. The highest BCUT2D eigenvalue weighted by atomic mass is 35.5. The van der Waals surface area contributed by atoms with Gasteiger partial charge in [0.25, 0.3) is 5.56 Å². The molecule has 31 heavy (non-hydrogen) atoms. The summed E-state index contributed by atoms with van der Waals surface area (Å²) in [5.41, 5.74) is 1.01. The second kappa shape index (κ2) is 7.99. The number of nitrogens with zero attached hydrogens (tertiary/aromatic N) is 3. The van der Waals surface area contributed by atoms with Gasteiger partial charge < -0.3 is 10.1 Å². The molecule has 4 rings (SSSR count). The lowest BCUT2D eigenvalue weighted by Gasteiger charge is -2.15. The molecule has 0 unspecified atom stereocenters. The van der Waals surface area contributed by atoms with Crippen LogP contribution in [0.2, 0.25) is 5.02 Å². The van der Waals surface area contributed by atoms with Crippen LogP contribution in [0.5, 0.6) is 5.75 Å². The molecule has 2 aromatic heterocycles. The zero-order valence-electron chi connectivity index (χ0n) is 16.1. The molecule has 2 aromatic carbocycles. The minimum absolute atomic E-state index is 0.0769. The largest absolute Gasteiger partial charge is 0.497 e. The molecule has 0 aliphatic carbocycles. The molecule has 0 radical (unpaired) electrons. The lowest BCUT2D eigenvalue weighted by Crippen LogP contribution is -2.22. The highest BCUT2D eigenvalue weighted by Crippen LogP contribution is 2.31. The van der Waals surface area contributed by atoms with E-state index in [9.17, 15) is 13.2 Å². The molecule has 0 saturated carbocycles. The molecule has 0 aliphatic heterocycles. The van der Waals surface area contributed by atoms with Crippen molar-refractivity contribution in [3.63, 3.8) is 0 Å². The summed E-state index contributed by atoms with van der Waals surface area (Å²) in [7, 11) is -2.53. The molecule has 0 aliphatic rings. The van der Waals surface area contributed by atoms with Gasteiger partial charge in [-0.2, -0.15) is 0 Å². The van der Waals surface area contributed by atoms with Gasteiger partial charge in [0.1, 0.15) is 5.75 Å². The Kier molecular flexibility index (Phi) is 5.36. The Labute approximate surface area is 182 Å². The maximum Gasteiger partial charge on any atom is 0.256 e. The van der Waals surface area contributed by atoms with E-state index in [-0.39, 0.29) is 16.5 Å². The summed E-state index contributed by atoms with van der Waals surface area (Å²) in [5.74, 6) is 0.811. The molecule has 0 atom stereocenters. The number of hydrogen-bond donors (Lipinski definition) is 2. The van der Waals surface area contributed by atoms with Gasteiger partial charge in [-0.3, -0.25) is 9.36 Å². The van der Waals surface area contributed by atoms with Crippen LogP contribution in [0.4, 0.5) is 11.5 Å². The van der Waals surface area contributed by atoms with Crippen molar-refractivity contribution in [2.45, 2.75) is 4.90 Å². The van der Waals surface area contributed by atoms with Crippen molar-refractivity contribution in [2.75, 3.05) is 12.4 Å². The smallest absolute Gasteiger partial charge is 0.256 e. The fourth-order valence-electron chi connectivity index (χ4n) is 2.90. The van der Waals surface area contributed by atoms with Gasteiger partial charge in [-0.05, 0) is 30.3 Å². The van der Waals surface area contributed by atoms with Crippen LogP contribution in [0.3, 0.4) is 0 Å². The zero-order chi connectivity index (χ0) is 22.2. The van der Waals surface area contributed by atoms with E-state index in [1.54, 1.807) is 42.5 Å². The fourth-order valence-corrected chi connectivity index (χ4v) is 3.57. The van der Waals surface area contributed by atoms with Gasteiger partial charge in [0, 0.05) is 18.3 Å². The fraction of sp³-hybridized carbons (Fsp3) is 0.0500. The summed E-state index contributed by atoms with van der Waals surface area (Å²) in [4.78, 5) is 21.4. The van der Waals surface area contributed by atoms with Crippen LogP contribution in [0.1, 0.15) is 0 Å². The van der Waals surface area contributed by atoms with Gasteiger partial charge in [-0.25, -0.2) is 23.5 Å². The molecule has 0 amide bonds. The van der Waals surface area contributed by atoms with Crippen molar-refractivity contribution in [2.24, 2.45) is 5.14 Å². The van der Waals surface area contributed by atoms with E-state index in [2.05, 4.69) is 15.3 Å². The Morgan fingerprint density at radius 1 is 1.06 bits per heavy atom. The number of ether oxygens (including phenoxy) is 1. The van der Waals surface area contributed by atoms with Gasteiger partial charge in [0.05, 0.1) is 33.7 Å². The van der Waals surface area contributed by atoms with Crippen molar-refractivity contribution in [3.05, 3.63) is 76.2 Å². The summed E-state index contributed by atoms with van der Waals surface area (Å²) >= 11 is 6.31. The van der Waals surface area contributed by atoms with Gasteiger partial charge >= 0.3 is 0 Å². The molecular formula is C20H16ClN5O4S. The van der Waals surface area contributed by atoms with Crippen molar-refractivity contribution in [3.8, 4) is 11.6 Å².